The lowest BCUT2D eigenvalue weighted by Gasteiger charge is -2.00. The summed E-state index contributed by atoms with van der Waals surface area (Å²) < 4.78 is 2.52. The largest absolute Gasteiger partial charge is 0.394 e. The predicted octanol–water partition coefficient (Wildman–Crippen LogP) is 1.08. The van der Waals surface area contributed by atoms with Crippen LogP contribution in [0.15, 0.2) is 27.5 Å². The van der Waals surface area contributed by atoms with Crippen molar-refractivity contribution in [1.82, 2.24) is 9.78 Å². The third kappa shape index (κ3) is 1.49. The summed E-state index contributed by atoms with van der Waals surface area (Å²) in [7, 11) is 0. The number of nitrogens with zero attached hydrogens (tertiary/aromatic N) is 1. The normalized spacial score (nSPS) is 11.0. The maximum atomic E-state index is 11.4. The minimum Gasteiger partial charge on any atom is -0.394 e. The fourth-order valence-corrected chi connectivity index (χ4v) is 1.81. The van der Waals surface area contributed by atoms with E-state index in [0.29, 0.717) is 11.9 Å². The lowest BCUT2D eigenvalue weighted by molar-refractivity contribution is 0.271. The first-order chi connectivity index (χ1) is 6.72. The van der Waals surface area contributed by atoms with Gasteiger partial charge < -0.3 is 5.11 Å². The van der Waals surface area contributed by atoms with Gasteiger partial charge in [-0.1, -0.05) is 15.9 Å². The first-order valence-corrected chi connectivity index (χ1v) is 5.00. The molecule has 1 aromatic heterocycles. The van der Waals surface area contributed by atoms with Crippen LogP contribution in [0.1, 0.15) is 0 Å². The number of aromatic nitrogens is 2. The Morgan fingerprint density at radius 1 is 1.50 bits per heavy atom. The molecule has 74 valence electrons. The van der Waals surface area contributed by atoms with Crippen LogP contribution in [0.4, 0.5) is 0 Å². The first-order valence-electron chi connectivity index (χ1n) is 4.21. The van der Waals surface area contributed by atoms with Gasteiger partial charge in [-0.25, -0.2) is 0 Å². The van der Waals surface area contributed by atoms with Gasteiger partial charge in [-0.15, -0.1) is 0 Å². The van der Waals surface area contributed by atoms with E-state index < -0.39 is 0 Å². The Labute approximate surface area is 88.3 Å². The number of benzene rings is 1. The van der Waals surface area contributed by atoms with E-state index in [1.54, 1.807) is 10.7 Å². The summed E-state index contributed by atoms with van der Waals surface area (Å²) in [5.74, 6) is 0. The number of halogens is 1. The molecule has 0 bridgehead atoms. The summed E-state index contributed by atoms with van der Waals surface area (Å²) in [4.78, 5) is 11.4. The number of H-pyrrole nitrogens is 1. The van der Waals surface area contributed by atoms with Crippen molar-refractivity contribution in [3.05, 3.63) is 33.0 Å². The van der Waals surface area contributed by atoms with Crippen LogP contribution < -0.4 is 5.56 Å². The molecule has 1 aromatic carbocycles. The zero-order valence-electron chi connectivity index (χ0n) is 7.33. The van der Waals surface area contributed by atoms with Gasteiger partial charge in [0.25, 0.3) is 5.56 Å². The van der Waals surface area contributed by atoms with Crippen molar-refractivity contribution < 1.29 is 5.11 Å². The zero-order valence-corrected chi connectivity index (χ0v) is 8.91. The summed E-state index contributed by atoms with van der Waals surface area (Å²) in [5.41, 5.74) is 0.682. The van der Waals surface area contributed by atoms with E-state index >= 15 is 0 Å². The molecule has 14 heavy (non-hydrogen) atoms. The molecular formula is C9H9BrN2O2. The van der Waals surface area contributed by atoms with Gasteiger partial charge in [-0.05, 0) is 18.2 Å². The molecule has 2 rings (SSSR count). The van der Waals surface area contributed by atoms with Gasteiger partial charge in [0, 0.05) is 4.47 Å². The number of aromatic amines is 1. The molecule has 0 saturated carbocycles. The highest BCUT2D eigenvalue weighted by Crippen LogP contribution is 2.16. The number of hydrogen-bond donors (Lipinski definition) is 2. The molecule has 5 heteroatoms. The van der Waals surface area contributed by atoms with Gasteiger partial charge in [0.1, 0.15) is 0 Å². The van der Waals surface area contributed by atoms with E-state index in [2.05, 4.69) is 21.0 Å². The Hall–Kier alpha value is -1.07. The van der Waals surface area contributed by atoms with Crippen LogP contribution in [0.3, 0.4) is 0 Å². The average molecular weight is 257 g/mol. The predicted molar refractivity (Wildman–Crippen MR) is 57.3 cm³/mol. The highest BCUT2D eigenvalue weighted by Gasteiger charge is 2.05. The molecule has 0 atom stereocenters. The number of nitrogens with one attached hydrogen (secondary N) is 1. The summed E-state index contributed by atoms with van der Waals surface area (Å²) in [6.45, 7) is 0.413. The number of rotatable bonds is 2. The lowest BCUT2D eigenvalue weighted by Crippen LogP contribution is -2.07. The van der Waals surface area contributed by atoms with Crippen LogP contribution >= 0.6 is 15.9 Å². The van der Waals surface area contributed by atoms with Crippen molar-refractivity contribution in [2.45, 2.75) is 6.54 Å². The number of aliphatic hydroxyl groups excluding tert-OH is 1. The van der Waals surface area contributed by atoms with E-state index in [-0.39, 0.29) is 12.2 Å². The number of aliphatic hydroxyl groups is 1. The van der Waals surface area contributed by atoms with E-state index in [1.165, 1.54) is 0 Å². The van der Waals surface area contributed by atoms with Crippen molar-refractivity contribution in [3.63, 3.8) is 0 Å². The number of hydrogen-bond acceptors (Lipinski definition) is 2. The van der Waals surface area contributed by atoms with Gasteiger partial charge in [-0.3, -0.25) is 14.6 Å². The molecule has 0 saturated heterocycles. The van der Waals surface area contributed by atoms with Crippen LogP contribution in [0, 0.1) is 0 Å². The molecule has 0 fully saturated rings. The van der Waals surface area contributed by atoms with Crippen molar-refractivity contribution in [2.24, 2.45) is 0 Å². The maximum Gasteiger partial charge on any atom is 0.272 e. The molecule has 4 nitrogen and oxygen atoms in total. The van der Waals surface area contributed by atoms with Crippen LogP contribution in [-0.2, 0) is 6.54 Å². The van der Waals surface area contributed by atoms with Gasteiger partial charge >= 0.3 is 0 Å². The average Bonchev–Trinajstić information content (AvgIpc) is 2.44. The number of fused-ring (bicyclic) bond motifs is 1. The molecule has 1 heterocycles. The summed E-state index contributed by atoms with van der Waals surface area (Å²) in [6.07, 6.45) is 0. The minimum absolute atomic E-state index is 0.00971. The summed E-state index contributed by atoms with van der Waals surface area (Å²) in [6, 6.07) is 5.47. The van der Waals surface area contributed by atoms with Gasteiger partial charge in [0.15, 0.2) is 0 Å². The van der Waals surface area contributed by atoms with Crippen LogP contribution in [-0.4, -0.2) is 21.5 Å². The second-order valence-electron chi connectivity index (χ2n) is 2.98. The van der Waals surface area contributed by atoms with Crippen LogP contribution in [0.2, 0.25) is 0 Å². The molecule has 0 aliphatic rings. The van der Waals surface area contributed by atoms with E-state index in [1.807, 2.05) is 12.1 Å². The second kappa shape index (κ2) is 3.59. The zero-order chi connectivity index (χ0) is 10.1. The van der Waals surface area contributed by atoms with Gasteiger partial charge in [0.05, 0.1) is 24.1 Å². The van der Waals surface area contributed by atoms with Gasteiger partial charge in [-0.2, -0.15) is 0 Å². The standard InChI is InChI=1S/C9H9BrN2O2/c10-6-1-2-8-7(5-6)9(14)11-12(8)3-4-13/h1-2,5,13H,3-4H2,(H,11,14). The molecule has 0 amide bonds. The Balaban J connectivity index is 2.71. The Morgan fingerprint density at radius 2 is 2.29 bits per heavy atom. The highest BCUT2D eigenvalue weighted by molar-refractivity contribution is 9.10. The molecule has 2 N–H and O–H groups in total. The molecule has 0 aliphatic heterocycles. The highest BCUT2D eigenvalue weighted by atomic mass is 79.9. The van der Waals surface area contributed by atoms with E-state index in [4.69, 9.17) is 5.11 Å². The van der Waals surface area contributed by atoms with E-state index in [0.717, 1.165) is 9.99 Å². The molecular weight excluding hydrogens is 248 g/mol. The topological polar surface area (TPSA) is 58.0 Å². The first kappa shape index (κ1) is 9.48. The van der Waals surface area contributed by atoms with Crippen LogP contribution in [0.25, 0.3) is 10.9 Å². The fourth-order valence-electron chi connectivity index (χ4n) is 1.44. The van der Waals surface area contributed by atoms with Crippen molar-refractivity contribution in [1.29, 1.82) is 0 Å². The van der Waals surface area contributed by atoms with Gasteiger partial charge in [0.2, 0.25) is 0 Å². The Bertz CT molecular complexity index is 515. The fraction of sp³-hybridized carbons (Fsp3) is 0.222. The molecule has 2 aromatic rings. The summed E-state index contributed by atoms with van der Waals surface area (Å²) >= 11 is 3.30. The Morgan fingerprint density at radius 3 is 3.00 bits per heavy atom. The molecule has 0 aliphatic carbocycles. The van der Waals surface area contributed by atoms with Crippen molar-refractivity contribution in [2.75, 3.05) is 6.61 Å². The third-order valence-corrected chi connectivity index (χ3v) is 2.55. The molecule has 0 spiro atoms. The second-order valence-corrected chi connectivity index (χ2v) is 3.89. The van der Waals surface area contributed by atoms with Crippen molar-refractivity contribution in [3.8, 4) is 0 Å². The quantitative estimate of drug-likeness (QED) is 0.845. The molecule has 0 radical (unpaired) electrons. The van der Waals surface area contributed by atoms with Crippen LogP contribution in [0.5, 0.6) is 0 Å². The minimum atomic E-state index is -0.130. The third-order valence-electron chi connectivity index (χ3n) is 2.05. The smallest absolute Gasteiger partial charge is 0.272 e. The van der Waals surface area contributed by atoms with Crippen molar-refractivity contribution >= 4 is 26.8 Å². The SMILES string of the molecule is O=c1[nH]n(CCO)c2ccc(Br)cc12. The Kier molecular flexibility index (Phi) is 2.43. The monoisotopic (exact) mass is 256 g/mol. The maximum absolute atomic E-state index is 11.4. The molecule has 0 unspecified atom stereocenters. The lowest BCUT2D eigenvalue weighted by atomic mass is 10.2. The summed E-state index contributed by atoms with van der Waals surface area (Å²) in [5, 5.41) is 12.1. The van der Waals surface area contributed by atoms with E-state index in [9.17, 15) is 4.79 Å².